The standard InChI is InChI=1S/C21H26F3N5O2/c1-11(13-6-14(21(22,23)24)8-15(25)7-13)26-18-16-9-29(19(30)31-20(3,4)5)10-17(16)27-12(2)28-18/h6-8,11H,9-10,25H2,1-5H3,(H,26,27,28)/t11-/m1/s1. The fraction of sp³-hybridized carbons (Fsp3) is 0.476. The fourth-order valence-corrected chi connectivity index (χ4v) is 3.33. The van der Waals surface area contributed by atoms with E-state index in [1.54, 1.807) is 34.6 Å². The minimum absolute atomic E-state index is 0.0265. The molecule has 1 aliphatic heterocycles. The molecule has 1 atom stereocenters. The molecule has 7 nitrogen and oxygen atoms in total. The molecule has 0 fully saturated rings. The van der Waals surface area contributed by atoms with Gasteiger partial charge in [0.1, 0.15) is 17.2 Å². The number of nitrogens with one attached hydrogen (secondary N) is 1. The largest absolute Gasteiger partial charge is 0.444 e. The first kappa shape index (κ1) is 22.6. The minimum Gasteiger partial charge on any atom is -0.444 e. The van der Waals surface area contributed by atoms with E-state index in [0.29, 0.717) is 28.5 Å². The molecule has 1 aromatic heterocycles. The first-order valence-corrected chi connectivity index (χ1v) is 9.81. The number of alkyl halides is 3. The predicted molar refractivity (Wildman–Crippen MR) is 110 cm³/mol. The number of hydrogen-bond donors (Lipinski definition) is 2. The molecule has 1 amide bonds. The van der Waals surface area contributed by atoms with Gasteiger partial charge in [-0.15, -0.1) is 0 Å². The number of carbonyl (C=O) groups excluding carboxylic acids is 1. The van der Waals surface area contributed by atoms with Gasteiger partial charge in [0.05, 0.1) is 30.4 Å². The van der Waals surface area contributed by atoms with E-state index in [-0.39, 0.29) is 18.8 Å². The molecule has 3 N–H and O–H groups in total. The molecule has 2 aromatic rings. The topological polar surface area (TPSA) is 93.4 Å². The first-order valence-electron chi connectivity index (χ1n) is 9.81. The van der Waals surface area contributed by atoms with Crippen molar-refractivity contribution in [1.29, 1.82) is 0 Å². The molecule has 1 aliphatic rings. The second kappa shape index (κ2) is 7.90. The Morgan fingerprint density at radius 1 is 1.19 bits per heavy atom. The maximum absolute atomic E-state index is 13.2. The number of aryl methyl sites for hydroxylation is 1. The Morgan fingerprint density at radius 3 is 2.48 bits per heavy atom. The molecule has 3 rings (SSSR count). The molecular formula is C21H26F3N5O2. The van der Waals surface area contributed by atoms with Crippen molar-refractivity contribution in [3.8, 4) is 0 Å². The monoisotopic (exact) mass is 437 g/mol. The summed E-state index contributed by atoms with van der Waals surface area (Å²) in [5.74, 6) is 0.958. The highest BCUT2D eigenvalue weighted by Crippen LogP contribution is 2.34. The molecule has 0 aliphatic carbocycles. The van der Waals surface area contributed by atoms with Gasteiger partial charge in [0.15, 0.2) is 0 Å². The summed E-state index contributed by atoms with van der Waals surface area (Å²) >= 11 is 0. The number of nitrogen functional groups attached to an aromatic ring is 1. The number of aromatic nitrogens is 2. The van der Waals surface area contributed by atoms with Crippen LogP contribution in [0.15, 0.2) is 18.2 Å². The lowest BCUT2D eigenvalue weighted by molar-refractivity contribution is -0.137. The summed E-state index contributed by atoms with van der Waals surface area (Å²) in [5, 5.41) is 3.16. The van der Waals surface area contributed by atoms with Crippen molar-refractivity contribution in [2.24, 2.45) is 0 Å². The Bertz CT molecular complexity index is 1000. The van der Waals surface area contributed by atoms with Gasteiger partial charge < -0.3 is 15.8 Å². The van der Waals surface area contributed by atoms with Gasteiger partial charge in [-0.3, -0.25) is 4.90 Å². The molecule has 31 heavy (non-hydrogen) atoms. The number of nitrogens with zero attached hydrogens (tertiary/aromatic N) is 3. The quantitative estimate of drug-likeness (QED) is 0.670. The molecule has 2 heterocycles. The number of rotatable bonds is 3. The summed E-state index contributed by atoms with van der Waals surface area (Å²) in [7, 11) is 0. The summed E-state index contributed by atoms with van der Waals surface area (Å²) in [4.78, 5) is 22.8. The molecule has 0 spiro atoms. The summed E-state index contributed by atoms with van der Waals surface area (Å²) in [6.45, 7) is 9.31. The van der Waals surface area contributed by atoms with Crippen LogP contribution < -0.4 is 11.1 Å². The van der Waals surface area contributed by atoms with E-state index in [0.717, 1.165) is 12.1 Å². The van der Waals surface area contributed by atoms with Gasteiger partial charge in [0.25, 0.3) is 0 Å². The van der Waals surface area contributed by atoms with Crippen LogP contribution in [0.5, 0.6) is 0 Å². The van der Waals surface area contributed by atoms with Gasteiger partial charge in [-0.25, -0.2) is 14.8 Å². The second-order valence-electron chi connectivity index (χ2n) is 8.63. The second-order valence-corrected chi connectivity index (χ2v) is 8.63. The normalized spacial score (nSPS) is 14.9. The average Bonchev–Trinajstić information content (AvgIpc) is 3.03. The van der Waals surface area contributed by atoms with Crippen LogP contribution in [0.3, 0.4) is 0 Å². The molecule has 0 saturated carbocycles. The SMILES string of the molecule is Cc1nc2c(c(N[C@H](C)c3cc(N)cc(C(F)(F)F)c3)n1)CN(C(=O)OC(C)(C)C)C2. The predicted octanol–water partition coefficient (Wildman–Crippen LogP) is 4.81. The number of anilines is 2. The van der Waals surface area contributed by atoms with Gasteiger partial charge in [-0.1, -0.05) is 0 Å². The Balaban J connectivity index is 1.85. The maximum Gasteiger partial charge on any atom is 0.416 e. The molecule has 0 bridgehead atoms. The van der Waals surface area contributed by atoms with Crippen molar-refractivity contribution >= 4 is 17.6 Å². The summed E-state index contributed by atoms with van der Waals surface area (Å²) in [6, 6.07) is 2.95. The zero-order valence-corrected chi connectivity index (χ0v) is 18.1. The van der Waals surface area contributed by atoms with Gasteiger partial charge >= 0.3 is 12.3 Å². The van der Waals surface area contributed by atoms with Crippen molar-refractivity contribution < 1.29 is 22.7 Å². The highest BCUT2D eigenvalue weighted by molar-refractivity contribution is 5.70. The van der Waals surface area contributed by atoms with Crippen molar-refractivity contribution in [1.82, 2.24) is 14.9 Å². The molecule has 0 saturated heterocycles. The summed E-state index contributed by atoms with van der Waals surface area (Å²) in [5.41, 5.74) is 6.04. The van der Waals surface area contributed by atoms with Gasteiger partial charge in [-0.2, -0.15) is 13.2 Å². The van der Waals surface area contributed by atoms with E-state index in [4.69, 9.17) is 10.5 Å². The average molecular weight is 437 g/mol. The lowest BCUT2D eigenvalue weighted by Crippen LogP contribution is -2.33. The third kappa shape index (κ3) is 5.36. The van der Waals surface area contributed by atoms with Crippen molar-refractivity contribution in [3.05, 3.63) is 46.4 Å². The lowest BCUT2D eigenvalue weighted by Gasteiger charge is -2.24. The van der Waals surface area contributed by atoms with E-state index >= 15 is 0 Å². The Hall–Kier alpha value is -3.04. The van der Waals surface area contributed by atoms with E-state index in [1.807, 2.05) is 0 Å². The molecular weight excluding hydrogens is 411 g/mol. The Labute approximate surface area is 178 Å². The van der Waals surface area contributed by atoms with Crippen LogP contribution in [0.2, 0.25) is 0 Å². The van der Waals surface area contributed by atoms with Crippen LogP contribution in [-0.4, -0.2) is 26.6 Å². The molecule has 10 heteroatoms. The highest BCUT2D eigenvalue weighted by atomic mass is 19.4. The van der Waals surface area contributed by atoms with Crippen LogP contribution in [0, 0.1) is 6.92 Å². The number of benzene rings is 1. The zero-order chi connectivity index (χ0) is 23.1. The zero-order valence-electron chi connectivity index (χ0n) is 18.1. The lowest BCUT2D eigenvalue weighted by atomic mass is 10.0. The summed E-state index contributed by atoms with van der Waals surface area (Å²) in [6.07, 6.45) is -4.96. The number of halogens is 3. The number of nitrogens with two attached hydrogens (primary N) is 1. The molecule has 0 unspecified atom stereocenters. The minimum atomic E-state index is -4.50. The maximum atomic E-state index is 13.2. The number of carbonyl (C=O) groups is 1. The van der Waals surface area contributed by atoms with Gasteiger partial charge in [-0.05, 0) is 58.4 Å². The van der Waals surface area contributed by atoms with E-state index in [1.165, 1.54) is 11.0 Å². The van der Waals surface area contributed by atoms with Crippen molar-refractivity contribution in [2.75, 3.05) is 11.1 Å². The molecule has 1 aromatic carbocycles. The van der Waals surface area contributed by atoms with Gasteiger partial charge in [0.2, 0.25) is 0 Å². The van der Waals surface area contributed by atoms with Gasteiger partial charge in [0, 0.05) is 11.3 Å². The highest BCUT2D eigenvalue weighted by Gasteiger charge is 2.33. The number of hydrogen-bond acceptors (Lipinski definition) is 6. The Morgan fingerprint density at radius 2 is 1.87 bits per heavy atom. The molecule has 168 valence electrons. The third-order valence-electron chi connectivity index (χ3n) is 4.70. The number of amides is 1. The molecule has 0 radical (unpaired) electrons. The smallest absolute Gasteiger partial charge is 0.416 e. The van der Waals surface area contributed by atoms with E-state index in [2.05, 4.69) is 15.3 Å². The van der Waals surface area contributed by atoms with Crippen LogP contribution in [0.4, 0.5) is 29.5 Å². The summed E-state index contributed by atoms with van der Waals surface area (Å²) < 4.78 is 44.9. The van der Waals surface area contributed by atoms with Crippen LogP contribution in [0.25, 0.3) is 0 Å². The number of ether oxygens (including phenoxy) is 1. The Kier molecular flexibility index (Phi) is 5.77. The van der Waals surface area contributed by atoms with E-state index in [9.17, 15) is 18.0 Å². The fourth-order valence-electron chi connectivity index (χ4n) is 3.33. The van der Waals surface area contributed by atoms with Crippen molar-refractivity contribution in [3.63, 3.8) is 0 Å². The first-order chi connectivity index (χ1) is 14.2. The van der Waals surface area contributed by atoms with Crippen LogP contribution >= 0.6 is 0 Å². The van der Waals surface area contributed by atoms with Crippen LogP contribution in [-0.2, 0) is 24.0 Å². The number of fused-ring (bicyclic) bond motifs is 1. The van der Waals surface area contributed by atoms with Crippen LogP contribution in [0.1, 0.15) is 61.9 Å². The third-order valence-corrected chi connectivity index (χ3v) is 4.70. The van der Waals surface area contributed by atoms with Crippen molar-refractivity contribution in [2.45, 2.75) is 65.5 Å². The van der Waals surface area contributed by atoms with E-state index < -0.39 is 29.5 Å².